The van der Waals surface area contributed by atoms with E-state index in [-0.39, 0.29) is 6.54 Å². The van der Waals surface area contributed by atoms with Crippen molar-refractivity contribution in [3.8, 4) is 33.9 Å². The number of fused-ring (bicyclic) bond motifs is 2. The number of benzene rings is 3. The molecule has 9 nitrogen and oxygen atoms in total. The van der Waals surface area contributed by atoms with E-state index in [4.69, 9.17) is 9.97 Å². The molecule has 0 saturated heterocycles. The Balaban J connectivity index is 1.19. The summed E-state index contributed by atoms with van der Waals surface area (Å²) in [5, 5.41) is 11.3. The number of imidazole rings is 1. The van der Waals surface area contributed by atoms with E-state index in [0.717, 1.165) is 47.6 Å². The number of H-pyrrole nitrogens is 2. The Morgan fingerprint density at radius 1 is 0.867 bits per heavy atom. The molecular weight excluding hydrogens is 589 g/mol. The van der Waals surface area contributed by atoms with E-state index in [9.17, 15) is 12.8 Å². The summed E-state index contributed by atoms with van der Waals surface area (Å²) in [6, 6.07) is 22.6. The molecule has 3 heterocycles. The number of hydrogen-bond acceptors (Lipinski definition) is 6. The van der Waals surface area contributed by atoms with Crippen LogP contribution in [0.2, 0.25) is 0 Å². The number of aromatic amines is 2. The van der Waals surface area contributed by atoms with Crippen molar-refractivity contribution in [3.05, 3.63) is 89.7 Å². The molecule has 0 bridgehead atoms. The maximum Gasteiger partial charge on any atom is 0.209 e. The average molecular weight is 624 g/mol. The second-order valence-electron chi connectivity index (χ2n) is 11.9. The highest BCUT2D eigenvalue weighted by Gasteiger charge is 2.18. The Morgan fingerprint density at radius 2 is 1.69 bits per heavy atom. The van der Waals surface area contributed by atoms with Crippen molar-refractivity contribution < 1.29 is 12.8 Å². The zero-order valence-corrected chi connectivity index (χ0v) is 25.7. The molecule has 4 N–H and O–H groups in total. The Hall–Kier alpha value is -4.45. The lowest BCUT2D eigenvalue weighted by molar-refractivity contribution is 0.489. The van der Waals surface area contributed by atoms with Gasteiger partial charge in [0.05, 0.1) is 28.5 Å². The fourth-order valence-electron chi connectivity index (χ4n) is 6.20. The molecule has 0 spiro atoms. The third kappa shape index (κ3) is 6.51. The standard InChI is InChI=1S/C34H34FN7O2S/c1-45(43,44)37-20-23-15-25(17-26(35)16-23)27-10-5-11-29-31(27)40-34(39-29)33-32-30(41-42-33)13-12-28(38-32)24-9-4-8-22(14-24)19-36-18-21-6-2-3-7-21/h4-5,8-17,21,36-37H,2-3,6-7,18-20H2,1H3,(H,39,40)(H,41,42). The van der Waals surface area contributed by atoms with Crippen molar-refractivity contribution in [1.82, 2.24) is 35.2 Å². The number of pyridine rings is 1. The van der Waals surface area contributed by atoms with Gasteiger partial charge in [0.2, 0.25) is 10.0 Å². The molecule has 1 saturated carbocycles. The van der Waals surface area contributed by atoms with Crippen LogP contribution < -0.4 is 10.0 Å². The highest BCUT2D eigenvalue weighted by atomic mass is 32.2. The van der Waals surface area contributed by atoms with E-state index in [2.05, 4.69) is 49.5 Å². The predicted octanol–water partition coefficient (Wildman–Crippen LogP) is 6.30. The zero-order chi connectivity index (χ0) is 31.0. The molecule has 3 aromatic carbocycles. The second kappa shape index (κ2) is 12.2. The molecule has 1 aliphatic rings. The van der Waals surface area contributed by atoms with E-state index >= 15 is 0 Å². The first-order valence-electron chi connectivity index (χ1n) is 15.2. The summed E-state index contributed by atoms with van der Waals surface area (Å²) in [7, 11) is -3.43. The third-order valence-corrected chi connectivity index (χ3v) is 9.08. The SMILES string of the molecule is CS(=O)(=O)NCc1cc(F)cc(-c2cccc3[nH]c(-c4n[nH]c5ccc(-c6cccc(CNCC7CCCC7)c6)nc45)nc23)c1. The molecule has 3 aromatic heterocycles. The van der Waals surface area contributed by atoms with Gasteiger partial charge in [-0.25, -0.2) is 27.5 Å². The number of nitrogens with zero attached hydrogens (tertiary/aromatic N) is 3. The minimum absolute atomic E-state index is 0.0153. The fourth-order valence-corrected chi connectivity index (χ4v) is 6.63. The molecule has 0 unspecified atom stereocenters. The number of halogens is 1. The van der Waals surface area contributed by atoms with Crippen LogP contribution in [-0.4, -0.2) is 46.4 Å². The normalized spacial score (nSPS) is 14.2. The van der Waals surface area contributed by atoms with Gasteiger partial charge in [0.25, 0.3) is 0 Å². The van der Waals surface area contributed by atoms with Crippen LogP contribution in [0.5, 0.6) is 0 Å². The molecule has 230 valence electrons. The van der Waals surface area contributed by atoms with Crippen LogP contribution in [0.1, 0.15) is 36.8 Å². The first-order chi connectivity index (χ1) is 21.8. The Kier molecular flexibility index (Phi) is 7.90. The molecule has 0 amide bonds. The molecule has 45 heavy (non-hydrogen) atoms. The Labute approximate surface area is 260 Å². The first kappa shape index (κ1) is 29.3. The van der Waals surface area contributed by atoms with Crippen LogP contribution in [0.4, 0.5) is 4.39 Å². The lowest BCUT2D eigenvalue weighted by Crippen LogP contribution is -2.21. The number of rotatable bonds is 10. The lowest BCUT2D eigenvalue weighted by atomic mass is 10.0. The van der Waals surface area contributed by atoms with Gasteiger partial charge in [0.1, 0.15) is 11.3 Å². The minimum atomic E-state index is -3.43. The third-order valence-electron chi connectivity index (χ3n) is 8.41. The number of aromatic nitrogens is 5. The van der Waals surface area contributed by atoms with Crippen LogP contribution in [-0.2, 0) is 23.1 Å². The summed E-state index contributed by atoms with van der Waals surface area (Å²) in [4.78, 5) is 13.3. The topological polar surface area (TPSA) is 128 Å². The number of para-hydroxylation sites is 1. The van der Waals surface area contributed by atoms with Gasteiger partial charge < -0.3 is 10.3 Å². The van der Waals surface area contributed by atoms with Gasteiger partial charge in [-0.3, -0.25) is 5.10 Å². The van der Waals surface area contributed by atoms with Crippen LogP contribution in [0.15, 0.2) is 72.8 Å². The lowest BCUT2D eigenvalue weighted by Gasteiger charge is -2.11. The molecular formula is C34H34FN7O2S. The maximum atomic E-state index is 14.6. The number of hydrogen-bond donors (Lipinski definition) is 4. The van der Waals surface area contributed by atoms with Crippen molar-refractivity contribution in [1.29, 1.82) is 0 Å². The first-order valence-corrected chi connectivity index (χ1v) is 17.1. The summed E-state index contributed by atoms with van der Waals surface area (Å²) in [6.07, 6.45) is 6.42. The number of nitrogens with one attached hydrogen (secondary N) is 4. The van der Waals surface area contributed by atoms with Crippen molar-refractivity contribution in [3.63, 3.8) is 0 Å². The molecule has 1 aliphatic carbocycles. The maximum absolute atomic E-state index is 14.6. The molecule has 6 aromatic rings. The second-order valence-corrected chi connectivity index (χ2v) is 13.7. The molecule has 0 radical (unpaired) electrons. The van der Waals surface area contributed by atoms with Crippen LogP contribution in [0.3, 0.4) is 0 Å². The molecule has 0 aliphatic heterocycles. The largest absolute Gasteiger partial charge is 0.336 e. The van der Waals surface area contributed by atoms with Gasteiger partial charge >= 0.3 is 0 Å². The summed E-state index contributed by atoms with van der Waals surface area (Å²) in [5.74, 6) is 0.865. The van der Waals surface area contributed by atoms with Crippen molar-refractivity contribution >= 4 is 32.1 Å². The highest BCUT2D eigenvalue weighted by molar-refractivity contribution is 7.88. The van der Waals surface area contributed by atoms with Crippen LogP contribution in [0.25, 0.3) is 56.0 Å². The minimum Gasteiger partial charge on any atom is -0.336 e. The van der Waals surface area contributed by atoms with Crippen molar-refractivity contribution in [2.75, 3.05) is 12.8 Å². The summed E-state index contributed by atoms with van der Waals surface area (Å²) in [5.41, 5.74) is 8.37. The number of sulfonamides is 1. The Bertz CT molecular complexity index is 2120. The molecule has 0 atom stereocenters. The van der Waals surface area contributed by atoms with Gasteiger partial charge in [0, 0.05) is 24.2 Å². The monoisotopic (exact) mass is 623 g/mol. The van der Waals surface area contributed by atoms with Crippen molar-refractivity contribution in [2.24, 2.45) is 5.92 Å². The van der Waals surface area contributed by atoms with Gasteiger partial charge in [0.15, 0.2) is 11.5 Å². The molecule has 7 rings (SSSR count). The molecule has 11 heteroatoms. The van der Waals surface area contributed by atoms with E-state index < -0.39 is 15.8 Å². The zero-order valence-electron chi connectivity index (χ0n) is 24.9. The van der Waals surface area contributed by atoms with Gasteiger partial charge in [-0.15, -0.1) is 0 Å². The van der Waals surface area contributed by atoms with E-state index in [1.54, 1.807) is 6.07 Å². The van der Waals surface area contributed by atoms with Crippen LogP contribution in [0, 0.1) is 11.7 Å². The van der Waals surface area contributed by atoms with Gasteiger partial charge in [-0.2, -0.15) is 5.10 Å². The van der Waals surface area contributed by atoms with Crippen LogP contribution >= 0.6 is 0 Å². The summed E-state index contributed by atoms with van der Waals surface area (Å²) >= 11 is 0. The van der Waals surface area contributed by atoms with E-state index in [1.807, 2.05) is 30.3 Å². The fraction of sp³-hybridized carbons (Fsp3) is 0.265. The van der Waals surface area contributed by atoms with Gasteiger partial charge in [-0.1, -0.05) is 43.2 Å². The van der Waals surface area contributed by atoms with E-state index in [0.29, 0.717) is 39.2 Å². The molecule has 1 fully saturated rings. The highest BCUT2D eigenvalue weighted by Crippen LogP contribution is 2.33. The van der Waals surface area contributed by atoms with E-state index in [1.165, 1.54) is 43.4 Å². The Morgan fingerprint density at radius 3 is 2.53 bits per heavy atom. The summed E-state index contributed by atoms with van der Waals surface area (Å²) < 4.78 is 40.2. The summed E-state index contributed by atoms with van der Waals surface area (Å²) in [6.45, 7) is 1.87. The van der Waals surface area contributed by atoms with Crippen molar-refractivity contribution in [2.45, 2.75) is 38.8 Å². The predicted molar refractivity (Wildman–Crippen MR) is 175 cm³/mol. The smallest absolute Gasteiger partial charge is 0.209 e. The average Bonchev–Trinajstić information content (AvgIpc) is 3.79. The van der Waals surface area contributed by atoms with Gasteiger partial charge in [-0.05, 0) is 84.5 Å². The quantitative estimate of drug-likeness (QED) is 0.142.